The third kappa shape index (κ3) is 3.40. The molecule has 1 saturated heterocycles. The van der Waals surface area contributed by atoms with Gasteiger partial charge in [-0.1, -0.05) is 26.0 Å². The number of hydrogen-bond acceptors (Lipinski definition) is 2. The molecule has 1 atom stereocenters. The van der Waals surface area contributed by atoms with E-state index in [1.165, 1.54) is 0 Å². The van der Waals surface area contributed by atoms with Crippen LogP contribution in [0, 0.1) is 5.41 Å². The zero-order chi connectivity index (χ0) is 16.3. The molecule has 0 spiro atoms. The highest BCUT2D eigenvalue weighted by Gasteiger charge is 2.39. The maximum Gasteiger partial charge on any atom is 0.317 e. The summed E-state index contributed by atoms with van der Waals surface area (Å²) in [4.78, 5) is 25.8. The molecule has 0 radical (unpaired) electrons. The van der Waals surface area contributed by atoms with Gasteiger partial charge in [0, 0.05) is 31.7 Å². The third-order valence-corrected chi connectivity index (χ3v) is 4.72. The van der Waals surface area contributed by atoms with Crippen LogP contribution in [-0.4, -0.2) is 36.5 Å². The van der Waals surface area contributed by atoms with E-state index < -0.39 is 0 Å². The molecule has 2 N–H and O–H groups in total. The molecule has 5 nitrogen and oxygen atoms in total. The van der Waals surface area contributed by atoms with Crippen molar-refractivity contribution in [2.75, 3.05) is 13.6 Å². The van der Waals surface area contributed by atoms with Crippen molar-refractivity contribution in [1.29, 1.82) is 0 Å². The van der Waals surface area contributed by atoms with Crippen molar-refractivity contribution in [2.24, 2.45) is 5.41 Å². The van der Waals surface area contributed by atoms with Crippen LogP contribution < -0.4 is 10.6 Å². The second-order valence-corrected chi connectivity index (χ2v) is 6.55. The summed E-state index contributed by atoms with van der Waals surface area (Å²) in [6.07, 6.45) is 1.02. The van der Waals surface area contributed by atoms with Crippen LogP contribution >= 0.6 is 0 Å². The zero-order valence-corrected chi connectivity index (χ0v) is 13.8. The lowest BCUT2D eigenvalue weighted by Crippen LogP contribution is -2.44. The molecule has 1 fully saturated rings. The van der Waals surface area contributed by atoms with Crippen molar-refractivity contribution in [2.45, 2.75) is 39.8 Å². The predicted molar refractivity (Wildman–Crippen MR) is 86.6 cm³/mol. The molecule has 0 aromatic heterocycles. The highest BCUT2D eigenvalue weighted by Crippen LogP contribution is 2.35. The molecule has 0 unspecified atom stereocenters. The molecule has 1 aliphatic rings. The first-order valence-corrected chi connectivity index (χ1v) is 7.70. The quantitative estimate of drug-likeness (QED) is 0.900. The molecular weight excluding hydrogens is 278 g/mol. The monoisotopic (exact) mass is 303 g/mol. The van der Waals surface area contributed by atoms with E-state index >= 15 is 0 Å². The van der Waals surface area contributed by atoms with E-state index in [0.717, 1.165) is 18.5 Å². The van der Waals surface area contributed by atoms with Gasteiger partial charge in [-0.25, -0.2) is 4.79 Å². The van der Waals surface area contributed by atoms with E-state index in [0.29, 0.717) is 12.1 Å². The summed E-state index contributed by atoms with van der Waals surface area (Å²) in [5.41, 5.74) is 1.68. The fourth-order valence-electron chi connectivity index (χ4n) is 2.76. The number of urea groups is 1. The number of hydrogen-bond donors (Lipinski definition) is 2. The van der Waals surface area contributed by atoms with Crippen LogP contribution in [0.3, 0.4) is 0 Å². The smallest absolute Gasteiger partial charge is 0.317 e. The Labute approximate surface area is 132 Å². The van der Waals surface area contributed by atoms with E-state index in [2.05, 4.69) is 31.4 Å². The summed E-state index contributed by atoms with van der Waals surface area (Å²) in [6.45, 7) is 7.69. The molecular formula is C17H25N3O2. The summed E-state index contributed by atoms with van der Waals surface area (Å²) < 4.78 is 0. The molecule has 1 aliphatic heterocycles. The SMILES string of the molecule is CNC(=O)c1cccc(CNC(=O)N2CCC(C)(C)[C@@H]2C)c1. The number of rotatable bonds is 3. The molecule has 5 heteroatoms. The Morgan fingerprint density at radius 2 is 2.09 bits per heavy atom. The largest absolute Gasteiger partial charge is 0.355 e. The lowest BCUT2D eigenvalue weighted by atomic mass is 9.86. The summed E-state index contributed by atoms with van der Waals surface area (Å²) in [7, 11) is 1.60. The van der Waals surface area contributed by atoms with E-state index in [4.69, 9.17) is 0 Å². The predicted octanol–water partition coefficient (Wildman–Crippen LogP) is 2.38. The lowest BCUT2D eigenvalue weighted by Gasteiger charge is -2.29. The number of carbonyl (C=O) groups excluding carboxylic acids is 2. The fraction of sp³-hybridized carbons (Fsp3) is 0.529. The Balaban J connectivity index is 1.96. The third-order valence-electron chi connectivity index (χ3n) is 4.72. The Hall–Kier alpha value is -2.04. The summed E-state index contributed by atoms with van der Waals surface area (Å²) in [6, 6.07) is 7.48. The number of nitrogens with one attached hydrogen (secondary N) is 2. The van der Waals surface area contributed by atoms with Crippen LogP contribution in [-0.2, 0) is 6.54 Å². The summed E-state index contributed by atoms with van der Waals surface area (Å²) >= 11 is 0. The Kier molecular flexibility index (Phi) is 4.74. The van der Waals surface area contributed by atoms with Gasteiger partial charge in [0.05, 0.1) is 0 Å². The van der Waals surface area contributed by atoms with Crippen molar-refractivity contribution in [3.8, 4) is 0 Å². The van der Waals surface area contributed by atoms with E-state index in [-0.39, 0.29) is 23.4 Å². The minimum absolute atomic E-state index is 0.0385. The lowest BCUT2D eigenvalue weighted by molar-refractivity contribution is 0.0963. The van der Waals surface area contributed by atoms with Crippen LogP contribution in [0.25, 0.3) is 0 Å². The van der Waals surface area contributed by atoms with Crippen LogP contribution in [0.2, 0.25) is 0 Å². The number of carbonyl (C=O) groups is 2. The highest BCUT2D eigenvalue weighted by atomic mass is 16.2. The second-order valence-electron chi connectivity index (χ2n) is 6.55. The Bertz CT molecular complexity index is 569. The van der Waals surface area contributed by atoms with Crippen LogP contribution in [0.5, 0.6) is 0 Å². The van der Waals surface area contributed by atoms with Gasteiger partial charge in [-0.05, 0) is 36.5 Å². The Morgan fingerprint density at radius 3 is 2.68 bits per heavy atom. The van der Waals surface area contributed by atoms with E-state index in [1.54, 1.807) is 19.2 Å². The zero-order valence-electron chi connectivity index (χ0n) is 13.8. The maximum atomic E-state index is 12.3. The molecule has 3 amide bonds. The van der Waals surface area contributed by atoms with Gasteiger partial charge in [0.2, 0.25) is 0 Å². The second kappa shape index (κ2) is 6.38. The van der Waals surface area contributed by atoms with Gasteiger partial charge in [-0.3, -0.25) is 4.79 Å². The summed E-state index contributed by atoms with van der Waals surface area (Å²) in [5.74, 6) is -0.122. The topological polar surface area (TPSA) is 61.4 Å². The van der Waals surface area contributed by atoms with Gasteiger partial charge in [0.1, 0.15) is 0 Å². The molecule has 1 aromatic carbocycles. The first-order chi connectivity index (χ1) is 10.3. The minimum atomic E-state index is -0.122. The van der Waals surface area contributed by atoms with Crippen molar-refractivity contribution in [3.05, 3.63) is 35.4 Å². The van der Waals surface area contributed by atoms with Gasteiger partial charge < -0.3 is 15.5 Å². The first-order valence-electron chi connectivity index (χ1n) is 7.70. The standard InChI is InChI=1S/C17H25N3O2/c1-12-17(2,3)8-9-20(12)16(22)19-11-13-6-5-7-14(10-13)15(21)18-4/h5-7,10,12H,8-9,11H2,1-4H3,(H,18,21)(H,19,22)/t12-/m0/s1. The molecule has 1 aromatic rings. The van der Waals surface area contributed by atoms with Gasteiger partial charge in [0.15, 0.2) is 0 Å². The van der Waals surface area contributed by atoms with Crippen LogP contribution in [0.1, 0.15) is 43.1 Å². The van der Waals surface area contributed by atoms with Crippen molar-refractivity contribution in [1.82, 2.24) is 15.5 Å². The summed E-state index contributed by atoms with van der Waals surface area (Å²) in [5, 5.41) is 5.55. The molecule has 22 heavy (non-hydrogen) atoms. The van der Waals surface area contributed by atoms with Gasteiger partial charge in [0.25, 0.3) is 5.91 Å². The Morgan fingerprint density at radius 1 is 1.36 bits per heavy atom. The van der Waals surface area contributed by atoms with Gasteiger partial charge in [-0.15, -0.1) is 0 Å². The first kappa shape index (κ1) is 16.3. The van der Waals surface area contributed by atoms with E-state index in [1.807, 2.05) is 17.0 Å². The molecule has 120 valence electrons. The van der Waals surface area contributed by atoms with Crippen molar-refractivity contribution >= 4 is 11.9 Å². The van der Waals surface area contributed by atoms with Gasteiger partial charge in [-0.2, -0.15) is 0 Å². The average molecular weight is 303 g/mol. The number of benzene rings is 1. The number of amides is 3. The van der Waals surface area contributed by atoms with Crippen molar-refractivity contribution < 1.29 is 9.59 Å². The maximum absolute atomic E-state index is 12.3. The van der Waals surface area contributed by atoms with E-state index in [9.17, 15) is 9.59 Å². The molecule has 1 heterocycles. The van der Waals surface area contributed by atoms with Crippen LogP contribution in [0.15, 0.2) is 24.3 Å². The molecule has 0 saturated carbocycles. The number of nitrogens with zero attached hydrogens (tertiary/aromatic N) is 1. The molecule has 0 aliphatic carbocycles. The average Bonchev–Trinajstić information content (AvgIpc) is 2.78. The van der Waals surface area contributed by atoms with Crippen LogP contribution in [0.4, 0.5) is 4.79 Å². The fourth-order valence-corrected chi connectivity index (χ4v) is 2.76. The number of likely N-dealkylation sites (tertiary alicyclic amines) is 1. The van der Waals surface area contributed by atoms with Gasteiger partial charge >= 0.3 is 6.03 Å². The van der Waals surface area contributed by atoms with Crippen molar-refractivity contribution in [3.63, 3.8) is 0 Å². The molecule has 2 rings (SSSR count). The highest BCUT2D eigenvalue weighted by molar-refractivity contribution is 5.94. The minimum Gasteiger partial charge on any atom is -0.355 e. The molecule has 0 bridgehead atoms. The normalized spacial score (nSPS) is 19.8.